The SMILES string of the molecule is Fc1ccccc1CSc1nc(NCc2ccccc2)c2ccccc2n1. The number of halogens is 1. The van der Waals surface area contributed by atoms with Crippen LogP contribution in [0.2, 0.25) is 0 Å². The van der Waals surface area contributed by atoms with Gasteiger partial charge < -0.3 is 5.32 Å². The monoisotopic (exact) mass is 375 g/mol. The van der Waals surface area contributed by atoms with E-state index in [0.29, 0.717) is 23.0 Å². The van der Waals surface area contributed by atoms with E-state index in [4.69, 9.17) is 0 Å². The summed E-state index contributed by atoms with van der Waals surface area (Å²) in [6.45, 7) is 0.680. The largest absolute Gasteiger partial charge is 0.365 e. The highest BCUT2D eigenvalue weighted by Crippen LogP contribution is 2.27. The van der Waals surface area contributed by atoms with Gasteiger partial charge in [-0.15, -0.1) is 0 Å². The van der Waals surface area contributed by atoms with Gasteiger partial charge in [0, 0.05) is 17.7 Å². The first-order valence-electron chi connectivity index (χ1n) is 8.70. The molecule has 0 saturated carbocycles. The first-order chi connectivity index (χ1) is 13.3. The average Bonchev–Trinajstić information content (AvgIpc) is 2.72. The number of nitrogens with one attached hydrogen (secondary N) is 1. The zero-order valence-corrected chi connectivity index (χ0v) is 15.4. The van der Waals surface area contributed by atoms with Crippen LogP contribution < -0.4 is 5.32 Å². The van der Waals surface area contributed by atoms with Crippen molar-refractivity contribution in [3.8, 4) is 0 Å². The van der Waals surface area contributed by atoms with E-state index in [1.165, 1.54) is 23.4 Å². The van der Waals surface area contributed by atoms with Crippen LogP contribution in [0.1, 0.15) is 11.1 Å². The van der Waals surface area contributed by atoms with Gasteiger partial charge in [-0.1, -0.05) is 72.4 Å². The summed E-state index contributed by atoms with van der Waals surface area (Å²) < 4.78 is 13.9. The maximum absolute atomic E-state index is 13.9. The van der Waals surface area contributed by atoms with Crippen molar-refractivity contribution in [3.05, 3.63) is 95.8 Å². The second-order valence-electron chi connectivity index (χ2n) is 6.09. The van der Waals surface area contributed by atoms with Gasteiger partial charge in [-0.3, -0.25) is 0 Å². The van der Waals surface area contributed by atoms with Crippen molar-refractivity contribution >= 4 is 28.5 Å². The number of benzene rings is 3. The van der Waals surface area contributed by atoms with Crippen LogP contribution in [0.5, 0.6) is 0 Å². The quantitative estimate of drug-likeness (QED) is 0.348. The van der Waals surface area contributed by atoms with Gasteiger partial charge in [0.15, 0.2) is 5.16 Å². The van der Waals surface area contributed by atoms with Crippen molar-refractivity contribution in [3.63, 3.8) is 0 Å². The van der Waals surface area contributed by atoms with Gasteiger partial charge in [0.05, 0.1) is 5.52 Å². The predicted molar refractivity (Wildman–Crippen MR) is 109 cm³/mol. The Morgan fingerprint density at radius 2 is 1.56 bits per heavy atom. The molecule has 0 atom stereocenters. The summed E-state index contributed by atoms with van der Waals surface area (Å²) >= 11 is 1.44. The summed E-state index contributed by atoms with van der Waals surface area (Å²) in [4.78, 5) is 9.30. The second kappa shape index (κ2) is 8.18. The smallest absolute Gasteiger partial charge is 0.190 e. The lowest BCUT2D eigenvalue weighted by Crippen LogP contribution is -2.04. The number of anilines is 1. The van der Waals surface area contributed by atoms with E-state index in [0.717, 1.165) is 16.7 Å². The van der Waals surface area contributed by atoms with E-state index < -0.39 is 0 Å². The molecule has 0 fully saturated rings. The Morgan fingerprint density at radius 1 is 0.815 bits per heavy atom. The van der Waals surface area contributed by atoms with Crippen molar-refractivity contribution in [2.24, 2.45) is 0 Å². The minimum atomic E-state index is -0.201. The second-order valence-corrected chi connectivity index (χ2v) is 7.03. The van der Waals surface area contributed by atoms with Crippen LogP contribution >= 0.6 is 11.8 Å². The Morgan fingerprint density at radius 3 is 2.41 bits per heavy atom. The zero-order valence-electron chi connectivity index (χ0n) is 14.6. The average molecular weight is 375 g/mol. The first kappa shape index (κ1) is 17.5. The summed E-state index contributed by atoms with van der Waals surface area (Å²) in [5.41, 5.74) is 2.71. The minimum absolute atomic E-state index is 0.201. The molecule has 0 aliphatic carbocycles. The summed E-state index contributed by atoms with van der Waals surface area (Å²) in [7, 11) is 0. The standard InChI is InChI=1S/C22H18FN3S/c23-19-12-6-4-10-17(19)15-27-22-25-20-13-7-5-11-18(20)21(26-22)24-14-16-8-2-1-3-9-16/h1-13H,14-15H2,(H,24,25,26). The van der Waals surface area contributed by atoms with Crippen LogP contribution in [0.4, 0.5) is 10.2 Å². The third-order valence-corrected chi connectivity index (χ3v) is 5.10. The highest BCUT2D eigenvalue weighted by atomic mass is 32.2. The Bertz CT molecular complexity index is 1050. The summed E-state index contributed by atoms with van der Waals surface area (Å²) in [6.07, 6.45) is 0. The van der Waals surface area contributed by atoms with Crippen molar-refractivity contribution < 1.29 is 4.39 Å². The van der Waals surface area contributed by atoms with Crippen LogP contribution in [0, 0.1) is 5.82 Å². The maximum Gasteiger partial charge on any atom is 0.190 e. The number of hydrogen-bond donors (Lipinski definition) is 1. The van der Waals surface area contributed by atoms with E-state index in [1.54, 1.807) is 12.1 Å². The fraction of sp³-hybridized carbons (Fsp3) is 0.0909. The van der Waals surface area contributed by atoms with Crippen LogP contribution in [-0.2, 0) is 12.3 Å². The van der Waals surface area contributed by atoms with E-state index in [2.05, 4.69) is 27.4 Å². The van der Waals surface area contributed by atoms with Crippen molar-refractivity contribution in [2.45, 2.75) is 17.5 Å². The van der Waals surface area contributed by atoms with Crippen LogP contribution in [0.3, 0.4) is 0 Å². The Labute approximate surface area is 161 Å². The topological polar surface area (TPSA) is 37.8 Å². The molecule has 134 valence electrons. The molecule has 0 aliphatic heterocycles. The van der Waals surface area contributed by atoms with Gasteiger partial charge in [-0.2, -0.15) is 0 Å². The van der Waals surface area contributed by atoms with Crippen LogP contribution in [-0.4, -0.2) is 9.97 Å². The molecular weight excluding hydrogens is 357 g/mol. The van der Waals surface area contributed by atoms with Gasteiger partial charge >= 0.3 is 0 Å². The van der Waals surface area contributed by atoms with Gasteiger partial charge in [0.1, 0.15) is 11.6 Å². The lowest BCUT2D eigenvalue weighted by molar-refractivity contribution is 0.617. The molecule has 3 nitrogen and oxygen atoms in total. The van der Waals surface area contributed by atoms with Gasteiger partial charge in [0.2, 0.25) is 0 Å². The summed E-state index contributed by atoms with van der Waals surface area (Å²) in [6, 6.07) is 24.9. The van der Waals surface area contributed by atoms with Gasteiger partial charge in [-0.25, -0.2) is 14.4 Å². The molecule has 1 heterocycles. The number of hydrogen-bond acceptors (Lipinski definition) is 4. The van der Waals surface area contributed by atoms with Crippen LogP contribution in [0.15, 0.2) is 84.0 Å². The molecule has 0 aliphatic rings. The fourth-order valence-corrected chi connectivity index (χ4v) is 3.63. The molecule has 5 heteroatoms. The highest BCUT2D eigenvalue weighted by molar-refractivity contribution is 7.98. The maximum atomic E-state index is 13.9. The molecule has 3 aromatic carbocycles. The zero-order chi connectivity index (χ0) is 18.5. The summed E-state index contributed by atoms with van der Waals surface area (Å²) in [5.74, 6) is 1.08. The molecule has 0 bridgehead atoms. The highest BCUT2D eigenvalue weighted by Gasteiger charge is 2.09. The number of thioether (sulfide) groups is 1. The lowest BCUT2D eigenvalue weighted by atomic mass is 10.2. The Hall–Kier alpha value is -2.92. The molecular formula is C22H18FN3S. The fourth-order valence-electron chi connectivity index (χ4n) is 2.79. The third kappa shape index (κ3) is 4.26. The first-order valence-corrected chi connectivity index (χ1v) is 9.69. The number of aromatic nitrogens is 2. The van der Waals surface area contributed by atoms with Crippen molar-refractivity contribution in [1.82, 2.24) is 9.97 Å². The van der Waals surface area contributed by atoms with Gasteiger partial charge in [0.25, 0.3) is 0 Å². The van der Waals surface area contributed by atoms with Gasteiger partial charge in [-0.05, 0) is 29.3 Å². The van der Waals surface area contributed by atoms with Crippen molar-refractivity contribution in [1.29, 1.82) is 0 Å². The van der Waals surface area contributed by atoms with E-state index in [1.807, 2.05) is 48.5 Å². The molecule has 0 unspecified atom stereocenters. The third-order valence-electron chi connectivity index (χ3n) is 4.20. The van der Waals surface area contributed by atoms with E-state index in [-0.39, 0.29) is 5.82 Å². The molecule has 0 amide bonds. The van der Waals surface area contributed by atoms with Crippen molar-refractivity contribution in [2.75, 3.05) is 5.32 Å². The molecule has 0 spiro atoms. The van der Waals surface area contributed by atoms with E-state index in [9.17, 15) is 4.39 Å². The molecule has 0 radical (unpaired) electrons. The van der Waals surface area contributed by atoms with E-state index >= 15 is 0 Å². The molecule has 0 saturated heterocycles. The molecule has 4 aromatic rings. The lowest BCUT2D eigenvalue weighted by Gasteiger charge is -2.11. The molecule has 1 aromatic heterocycles. The normalized spacial score (nSPS) is 10.9. The molecule has 27 heavy (non-hydrogen) atoms. The molecule has 4 rings (SSSR count). The number of para-hydroxylation sites is 1. The van der Waals surface area contributed by atoms with Crippen LogP contribution in [0.25, 0.3) is 10.9 Å². The number of rotatable bonds is 6. The number of nitrogens with zero attached hydrogens (tertiary/aromatic N) is 2. The Balaban J connectivity index is 1.59. The number of fused-ring (bicyclic) bond motifs is 1. The Kier molecular flexibility index (Phi) is 5.30. The summed E-state index contributed by atoms with van der Waals surface area (Å²) in [5, 5.41) is 5.02. The minimum Gasteiger partial charge on any atom is -0.365 e. The predicted octanol–water partition coefficient (Wildman–Crippen LogP) is 5.67. The molecule has 1 N–H and O–H groups in total.